The summed E-state index contributed by atoms with van der Waals surface area (Å²) < 4.78 is 0. The van der Waals surface area contributed by atoms with Gasteiger partial charge in [0.25, 0.3) is 0 Å². The molecule has 1 heterocycles. The van der Waals surface area contributed by atoms with Crippen molar-refractivity contribution >= 4 is 5.91 Å². The molecule has 2 atom stereocenters. The van der Waals surface area contributed by atoms with Crippen molar-refractivity contribution in [1.82, 2.24) is 4.90 Å². The first kappa shape index (κ1) is 15.5. The number of amides is 1. The molecular formula is C15H30N2O. The second kappa shape index (κ2) is 6.55. The predicted octanol–water partition coefficient (Wildman–Crippen LogP) is 2.93. The first-order valence-electron chi connectivity index (χ1n) is 7.36. The predicted molar refractivity (Wildman–Crippen MR) is 76.3 cm³/mol. The Morgan fingerprint density at radius 1 is 1.39 bits per heavy atom. The summed E-state index contributed by atoms with van der Waals surface area (Å²) in [6.07, 6.45) is 6.19. The lowest BCUT2D eigenvalue weighted by Crippen LogP contribution is -2.51. The number of nitrogens with zero attached hydrogens (tertiary/aromatic N) is 1. The smallest absolute Gasteiger partial charge is 0.222 e. The Morgan fingerprint density at radius 3 is 2.61 bits per heavy atom. The van der Waals surface area contributed by atoms with Crippen molar-refractivity contribution in [3.8, 4) is 0 Å². The van der Waals surface area contributed by atoms with Gasteiger partial charge in [0.05, 0.1) is 0 Å². The van der Waals surface area contributed by atoms with Crippen molar-refractivity contribution in [2.75, 3.05) is 6.54 Å². The fourth-order valence-corrected chi connectivity index (χ4v) is 2.73. The highest BCUT2D eigenvalue weighted by Gasteiger charge is 2.28. The molecule has 0 aromatic heterocycles. The molecule has 106 valence electrons. The van der Waals surface area contributed by atoms with E-state index in [1.54, 1.807) is 0 Å². The van der Waals surface area contributed by atoms with Crippen LogP contribution in [0.25, 0.3) is 0 Å². The monoisotopic (exact) mass is 254 g/mol. The molecular weight excluding hydrogens is 224 g/mol. The first-order valence-corrected chi connectivity index (χ1v) is 7.36. The minimum atomic E-state index is 0.0943. The van der Waals surface area contributed by atoms with Crippen LogP contribution in [0.2, 0.25) is 0 Å². The summed E-state index contributed by atoms with van der Waals surface area (Å²) in [5.74, 6) is 0.307. The number of likely N-dealkylation sites (tertiary alicyclic amines) is 1. The maximum absolute atomic E-state index is 12.3. The van der Waals surface area contributed by atoms with E-state index in [9.17, 15) is 4.79 Å². The molecule has 0 aromatic rings. The van der Waals surface area contributed by atoms with E-state index in [-0.39, 0.29) is 12.1 Å². The Labute approximate surface area is 112 Å². The van der Waals surface area contributed by atoms with Gasteiger partial charge in [-0.15, -0.1) is 0 Å². The number of rotatable bonds is 4. The maximum Gasteiger partial charge on any atom is 0.222 e. The summed E-state index contributed by atoms with van der Waals surface area (Å²) in [7, 11) is 0. The largest absolute Gasteiger partial charge is 0.338 e. The highest BCUT2D eigenvalue weighted by molar-refractivity contribution is 5.76. The van der Waals surface area contributed by atoms with E-state index < -0.39 is 0 Å². The number of piperidine rings is 1. The molecule has 1 aliphatic rings. The average Bonchev–Trinajstić information content (AvgIpc) is 2.27. The zero-order valence-electron chi connectivity index (χ0n) is 12.5. The molecule has 1 aliphatic heterocycles. The van der Waals surface area contributed by atoms with Crippen LogP contribution in [-0.4, -0.2) is 29.4 Å². The molecule has 0 saturated carbocycles. The van der Waals surface area contributed by atoms with Crippen molar-refractivity contribution in [2.45, 2.75) is 78.3 Å². The van der Waals surface area contributed by atoms with E-state index in [0.29, 0.717) is 17.7 Å². The van der Waals surface area contributed by atoms with Crippen LogP contribution in [-0.2, 0) is 4.79 Å². The Bertz CT molecular complexity index is 268. The SMILES string of the molecule is CC(N)C1CCCCN1C(=O)CCCC(C)(C)C. The van der Waals surface area contributed by atoms with Crippen LogP contribution < -0.4 is 5.73 Å². The molecule has 3 heteroatoms. The zero-order chi connectivity index (χ0) is 13.8. The normalized spacial score (nSPS) is 22.9. The van der Waals surface area contributed by atoms with Crippen molar-refractivity contribution in [3.63, 3.8) is 0 Å². The van der Waals surface area contributed by atoms with Crippen LogP contribution in [0.5, 0.6) is 0 Å². The minimum Gasteiger partial charge on any atom is -0.338 e. The highest BCUT2D eigenvalue weighted by atomic mass is 16.2. The lowest BCUT2D eigenvalue weighted by atomic mass is 9.89. The second-order valence-corrected chi connectivity index (χ2v) is 6.92. The van der Waals surface area contributed by atoms with E-state index in [4.69, 9.17) is 5.73 Å². The van der Waals surface area contributed by atoms with Crippen LogP contribution >= 0.6 is 0 Å². The fraction of sp³-hybridized carbons (Fsp3) is 0.933. The molecule has 1 saturated heterocycles. The third kappa shape index (κ3) is 4.97. The summed E-state index contributed by atoms with van der Waals surface area (Å²) in [4.78, 5) is 14.3. The van der Waals surface area contributed by atoms with Gasteiger partial charge in [-0.3, -0.25) is 4.79 Å². The van der Waals surface area contributed by atoms with Crippen molar-refractivity contribution in [2.24, 2.45) is 11.1 Å². The molecule has 2 N–H and O–H groups in total. The summed E-state index contributed by atoms with van der Waals surface area (Å²) in [5, 5.41) is 0. The van der Waals surface area contributed by atoms with Gasteiger partial charge in [-0.25, -0.2) is 0 Å². The van der Waals surface area contributed by atoms with Crippen LogP contribution in [0.15, 0.2) is 0 Å². The Balaban J connectivity index is 2.43. The minimum absolute atomic E-state index is 0.0943. The molecule has 0 bridgehead atoms. The third-order valence-electron chi connectivity index (χ3n) is 3.79. The third-order valence-corrected chi connectivity index (χ3v) is 3.79. The van der Waals surface area contributed by atoms with Crippen molar-refractivity contribution < 1.29 is 4.79 Å². The quantitative estimate of drug-likeness (QED) is 0.838. The van der Waals surface area contributed by atoms with Crippen LogP contribution in [0.1, 0.15) is 66.2 Å². The summed E-state index contributed by atoms with van der Waals surface area (Å²) in [5.41, 5.74) is 6.32. The number of hydrogen-bond donors (Lipinski definition) is 1. The van der Waals surface area contributed by atoms with E-state index in [1.165, 1.54) is 6.42 Å². The molecule has 0 radical (unpaired) electrons. The number of carbonyl (C=O) groups is 1. The Hall–Kier alpha value is -0.570. The van der Waals surface area contributed by atoms with Gasteiger partial charge in [-0.2, -0.15) is 0 Å². The fourth-order valence-electron chi connectivity index (χ4n) is 2.73. The summed E-state index contributed by atoms with van der Waals surface area (Å²) in [6, 6.07) is 0.359. The average molecular weight is 254 g/mol. The first-order chi connectivity index (χ1) is 8.31. The molecule has 1 fully saturated rings. The molecule has 2 unspecified atom stereocenters. The van der Waals surface area contributed by atoms with Gasteiger partial charge in [0.2, 0.25) is 5.91 Å². The molecule has 3 nitrogen and oxygen atoms in total. The van der Waals surface area contributed by atoms with Crippen LogP contribution in [0.4, 0.5) is 0 Å². The van der Waals surface area contributed by atoms with E-state index >= 15 is 0 Å². The van der Waals surface area contributed by atoms with Gasteiger partial charge in [-0.1, -0.05) is 20.8 Å². The number of nitrogens with two attached hydrogens (primary N) is 1. The van der Waals surface area contributed by atoms with Crippen LogP contribution in [0.3, 0.4) is 0 Å². The molecule has 1 amide bonds. The Morgan fingerprint density at radius 2 is 2.06 bits per heavy atom. The van der Waals surface area contributed by atoms with E-state index in [0.717, 1.165) is 32.2 Å². The lowest BCUT2D eigenvalue weighted by molar-refractivity contribution is -0.135. The van der Waals surface area contributed by atoms with Crippen LogP contribution in [0, 0.1) is 5.41 Å². The Kier molecular flexibility index (Phi) is 5.64. The molecule has 0 aromatic carbocycles. The topological polar surface area (TPSA) is 46.3 Å². The standard InChI is InChI=1S/C15H30N2O/c1-12(16)13-8-5-6-11-17(13)14(18)9-7-10-15(2,3)4/h12-13H,5-11,16H2,1-4H3. The maximum atomic E-state index is 12.3. The summed E-state index contributed by atoms with van der Waals surface area (Å²) in [6.45, 7) is 9.60. The van der Waals surface area contributed by atoms with Crippen molar-refractivity contribution in [3.05, 3.63) is 0 Å². The molecule has 0 aliphatic carbocycles. The number of carbonyl (C=O) groups excluding carboxylic acids is 1. The van der Waals surface area contributed by atoms with E-state index in [1.807, 2.05) is 11.8 Å². The van der Waals surface area contributed by atoms with Crippen molar-refractivity contribution in [1.29, 1.82) is 0 Å². The lowest BCUT2D eigenvalue weighted by Gasteiger charge is -2.38. The van der Waals surface area contributed by atoms with E-state index in [2.05, 4.69) is 20.8 Å². The van der Waals surface area contributed by atoms with Gasteiger partial charge >= 0.3 is 0 Å². The van der Waals surface area contributed by atoms with Gasteiger partial charge in [0, 0.05) is 25.0 Å². The molecule has 1 rings (SSSR count). The zero-order valence-corrected chi connectivity index (χ0v) is 12.5. The highest BCUT2D eigenvalue weighted by Crippen LogP contribution is 2.24. The molecule has 0 spiro atoms. The van der Waals surface area contributed by atoms with Gasteiger partial charge in [0.15, 0.2) is 0 Å². The van der Waals surface area contributed by atoms with Gasteiger partial charge in [0.1, 0.15) is 0 Å². The molecule has 18 heavy (non-hydrogen) atoms. The van der Waals surface area contributed by atoms with Gasteiger partial charge < -0.3 is 10.6 Å². The second-order valence-electron chi connectivity index (χ2n) is 6.92. The summed E-state index contributed by atoms with van der Waals surface area (Å²) >= 11 is 0. The number of hydrogen-bond acceptors (Lipinski definition) is 2. The van der Waals surface area contributed by atoms with Gasteiger partial charge in [-0.05, 0) is 44.4 Å².